The van der Waals surface area contributed by atoms with Crippen molar-refractivity contribution in [3.63, 3.8) is 0 Å². The number of hydrogen-bond acceptors (Lipinski definition) is 3. The van der Waals surface area contributed by atoms with Gasteiger partial charge in [-0.05, 0) is 32.1 Å². The fourth-order valence-corrected chi connectivity index (χ4v) is 4.03. The maximum absolute atomic E-state index is 11.3. The third kappa shape index (κ3) is 7.59. The molecule has 1 atom stereocenters. The van der Waals surface area contributed by atoms with Crippen molar-refractivity contribution in [3.8, 4) is 0 Å². The number of hydrogen-bond donors (Lipinski definition) is 0. The molecule has 0 rings (SSSR count). The zero-order valence-electron chi connectivity index (χ0n) is 12.2. The molecule has 0 fully saturated rings. The molecule has 0 aromatic heterocycles. The van der Waals surface area contributed by atoms with Crippen molar-refractivity contribution in [2.75, 3.05) is 12.4 Å². The Labute approximate surface area is 117 Å². The van der Waals surface area contributed by atoms with E-state index in [1.165, 1.54) is 0 Å². The summed E-state index contributed by atoms with van der Waals surface area (Å²) in [5.74, 6) is 0.567. The van der Waals surface area contributed by atoms with Crippen molar-refractivity contribution in [1.29, 1.82) is 0 Å². The largest absolute Gasteiger partial charge is 0.378 e. The normalized spacial score (nSPS) is 15.1. The molecule has 0 aromatic rings. The second-order valence-electron chi connectivity index (χ2n) is 5.64. The van der Waals surface area contributed by atoms with Gasteiger partial charge in [-0.3, -0.25) is 0 Å². The molecule has 0 heterocycles. The molecule has 1 unspecified atom stereocenters. The number of rotatable bonds is 9. The van der Waals surface area contributed by atoms with Crippen LogP contribution in [-0.4, -0.2) is 26.9 Å². The first-order valence-corrected chi connectivity index (χ1v) is 9.16. The maximum Gasteiger partial charge on any atom is 0.233 e. The molecule has 0 radical (unpaired) electrons. The summed E-state index contributed by atoms with van der Waals surface area (Å²) in [5.41, 5.74) is -0.355. The van der Waals surface area contributed by atoms with Gasteiger partial charge in [-0.25, -0.2) is 8.42 Å². The highest BCUT2D eigenvalue weighted by molar-refractivity contribution is 8.13. The van der Waals surface area contributed by atoms with Gasteiger partial charge in [-0.15, -0.1) is 0 Å². The van der Waals surface area contributed by atoms with Gasteiger partial charge in [0.05, 0.1) is 18.5 Å². The lowest BCUT2D eigenvalue weighted by atomic mass is 9.85. The van der Waals surface area contributed by atoms with Gasteiger partial charge in [0.2, 0.25) is 9.05 Å². The number of ether oxygens (including phenoxy) is 1. The van der Waals surface area contributed by atoms with E-state index in [0.29, 0.717) is 12.5 Å². The molecule has 0 saturated carbocycles. The molecule has 0 N–H and O–H groups in total. The standard InChI is InChI=1S/C13H27ClO3S/c1-6-13(7-2,10-18(14,15)16)9-17-12(5)8-11(3)4/h11-12H,6-10H2,1-5H3. The van der Waals surface area contributed by atoms with E-state index >= 15 is 0 Å². The Morgan fingerprint density at radius 3 is 2.00 bits per heavy atom. The van der Waals surface area contributed by atoms with Crippen LogP contribution >= 0.6 is 10.7 Å². The van der Waals surface area contributed by atoms with Gasteiger partial charge in [-0.2, -0.15) is 0 Å². The van der Waals surface area contributed by atoms with Crippen LogP contribution < -0.4 is 0 Å². The quantitative estimate of drug-likeness (QED) is 0.608. The molecule has 5 heteroatoms. The Kier molecular flexibility index (Phi) is 7.79. The predicted molar refractivity (Wildman–Crippen MR) is 77.5 cm³/mol. The molecule has 0 aliphatic carbocycles. The first-order valence-electron chi connectivity index (χ1n) is 6.68. The molecule has 0 aliphatic rings. The Morgan fingerprint density at radius 2 is 1.67 bits per heavy atom. The van der Waals surface area contributed by atoms with Crippen molar-refractivity contribution in [1.82, 2.24) is 0 Å². The molecular weight excluding hydrogens is 272 g/mol. The van der Waals surface area contributed by atoms with E-state index in [4.69, 9.17) is 15.4 Å². The van der Waals surface area contributed by atoms with Crippen LogP contribution in [0.3, 0.4) is 0 Å². The van der Waals surface area contributed by atoms with Crippen LogP contribution in [0, 0.1) is 11.3 Å². The minimum atomic E-state index is -3.48. The highest BCUT2D eigenvalue weighted by Crippen LogP contribution is 2.30. The summed E-state index contributed by atoms with van der Waals surface area (Å²) in [7, 11) is 1.91. The second kappa shape index (κ2) is 7.71. The van der Waals surface area contributed by atoms with Crippen LogP contribution in [0.2, 0.25) is 0 Å². The van der Waals surface area contributed by atoms with Crippen molar-refractivity contribution in [3.05, 3.63) is 0 Å². The lowest BCUT2D eigenvalue weighted by Crippen LogP contribution is -2.34. The van der Waals surface area contributed by atoms with Gasteiger partial charge in [0.25, 0.3) is 0 Å². The smallest absolute Gasteiger partial charge is 0.233 e. The van der Waals surface area contributed by atoms with E-state index < -0.39 is 9.05 Å². The van der Waals surface area contributed by atoms with Crippen LogP contribution in [0.25, 0.3) is 0 Å². The third-order valence-electron chi connectivity index (χ3n) is 3.46. The van der Waals surface area contributed by atoms with Crippen LogP contribution in [0.1, 0.15) is 53.9 Å². The molecule has 110 valence electrons. The van der Waals surface area contributed by atoms with Crippen molar-refractivity contribution >= 4 is 19.7 Å². The molecule has 3 nitrogen and oxygen atoms in total. The minimum Gasteiger partial charge on any atom is -0.378 e. The summed E-state index contributed by atoms with van der Waals surface area (Å²) in [6, 6.07) is 0. The summed E-state index contributed by atoms with van der Waals surface area (Å²) in [5, 5.41) is 0. The Bertz CT molecular complexity index is 321. The number of halogens is 1. The van der Waals surface area contributed by atoms with Crippen LogP contribution in [0.5, 0.6) is 0 Å². The maximum atomic E-state index is 11.3. The van der Waals surface area contributed by atoms with Gasteiger partial charge in [0.1, 0.15) is 0 Å². The SMILES string of the molecule is CCC(CC)(COC(C)CC(C)C)CS(=O)(=O)Cl. The average molecular weight is 299 g/mol. The van der Waals surface area contributed by atoms with Crippen molar-refractivity contribution in [2.24, 2.45) is 11.3 Å². The minimum absolute atomic E-state index is 0.0110. The van der Waals surface area contributed by atoms with Gasteiger partial charge in [0, 0.05) is 16.1 Å². The summed E-state index contributed by atoms with van der Waals surface area (Å²) < 4.78 is 28.4. The lowest BCUT2D eigenvalue weighted by Gasteiger charge is -2.31. The first kappa shape index (κ1) is 18.2. The third-order valence-corrected chi connectivity index (χ3v) is 4.74. The first-order chi connectivity index (χ1) is 8.14. The summed E-state index contributed by atoms with van der Waals surface area (Å²) in [6.07, 6.45) is 2.64. The summed E-state index contributed by atoms with van der Waals surface area (Å²) in [4.78, 5) is 0. The Hall–Kier alpha value is 0.200. The molecule has 0 aliphatic heterocycles. The zero-order chi connectivity index (χ0) is 14.4. The van der Waals surface area contributed by atoms with E-state index in [2.05, 4.69) is 13.8 Å². The Balaban J connectivity index is 4.53. The fourth-order valence-electron chi connectivity index (χ4n) is 2.12. The Morgan fingerprint density at radius 1 is 1.17 bits per heavy atom. The molecule has 0 amide bonds. The van der Waals surface area contributed by atoms with Crippen LogP contribution in [0.15, 0.2) is 0 Å². The van der Waals surface area contributed by atoms with Crippen molar-refractivity contribution in [2.45, 2.75) is 60.0 Å². The molecule has 0 spiro atoms. The van der Waals surface area contributed by atoms with E-state index in [-0.39, 0.29) is 17.3 Å². The van der Waals surface area contributed by atoms with Crippen LogP contribution in [0.4, 0.5) is 0 Å². The molecule has 0 saturated heterocycles. The monoisotopic (exact) mass is 298 g/mol. The molecule has 18 heavy (non-hydrogen) atoms. The van der Waals surface area contributed by atoms with Gasteiger partial charge in [-0.1, -0.05) is 27.7 Å². The summed E-state index contributed by atoms with van der Waals surface area (Å²) in [6.45, 7) is 10.8. The zero-order valence-corrected chi connectivity index (χ0v) is 13.8. The average Bonchev–Trinajstić information content (AvgIpc) is 2.22. The summed E-state index contributed by atoms with van der Waals surface area (Å²) >= 11 is 0. The van der Waals surface area contributed by atoms with E-state index in [1.807, 2.05) is 20.8 Å². The second-order valence-corrected chi connectivity index (χ2v) is 8.42. The lowest BCUT2D eigenvalue weighted by molar-refractivity contribution is -0.00509. The topological polar surface area (TPSA) is 43.4 Å². The molecule has 0 bridgehead atoms. The molecular formula is C13H27ClO3S. The molecule has 0 aromatic carbocycles. The van der Waals surface area contributed by atoms with E-state index in [9.17, 15) is 8.42 Å². The van der Waals surface area contributed by atoms with Gasteiger partial charge >= 0.3 is 0 Å². The van der Waals surface area contributed by atoms with Gasteiger partial charge in [0.15, 0.2) is 0 Å². The highest BCUT2D eigenvalue weighted by Gasteiger charge is 2.32. The highest BCUT2D eigenvalue weighted by atomic mass is 35.7. The van der Waals surface area contributed by atoms with E-state index in [1.54, 1.807) is 0 Å². The van der Waals surface area contributed by atoms with Gasteiger partial charge < -0.3 is 4.74 Å². The fraction of sp³-hybridized carbons (Fsp3) is 1.00. The van der Waals surface area contributed by atoms with Crippen LogP contribution in [-0.2, 0) is 13.8 Å². The van der Waals surface area contributed by atoms with Crippen molar-refractivity contribution < 1.29 is 13.2 Å². The van der Waals surface area contributed by atoms with E-state index in [0.717, 1.165) is 19.3 Å². The predicted octanol–water partition coefficient (Wildman–Crippen LogP) is 3.81.